The number of aromatic amines is 1. The fraction of sp³-hybridized carbons (Fsp3) is 0.0526. The second kappa shape index (κ2) is 5.57. The number of hydrogen-bond acceptors (Lipinski definition) is 3. The van der Waals surface area contributed by atoms with Gasteiger partial charge in [0.25, 0.3) is 0 Å². The normalized spacial score (nSPS) is 18.5. The Balaban J connectivity index is 1.87. The standard InChI is InChI=1S/C19H14N2O2/c22-18-14-8-4-5-9-16(14)23-19(13-6-2-1-3-7-13)15(18)12-17-20-10-11-21-17/h1-12,19H,(H,20,21)/b15-12-. The molecule has 1 unspecified atom stereocenters. The average molecular weight is 302 g/mol. The zero-order valence-corrected chi connectivity index (χ0v) is 12.3. The number of hydrogen-bond donors (Lipinski definition) is 1. The maximum absolute atomic E-state index is 12.9. The molecule has 0 radical (unpaired) electrons. The van der Waals surface area contributed by atoms with E-state index in [1.165, 1.54) is 0 Å². The number of para-hydroxylation sites is 1. The Hall–Kier alpha value is -3.14. The van der Waals surface area contributed by atoms with E-state index in [0.29, 0.717) is 22.7 Å². The number of fused-ring (bicyclic) bond motifs is 1. The van der Waals surface area contributed by atoms with Crippen LogP contribution in [0.15, 0.2) is 72.6 Å². The van der Waals surface area contributed by atoms with E-state index in [4.69, 9.17) is 4.74 Å². The summed E-state index contributed by atoms with van der Waals surface area (Å²) in [6, 6.07) is 17.1. The Morgan fingerprint density at radius 3 is 2.61 bits per heavy atom. The number of nitrogens with zero attached hydrogens (tertiary/aromatic N) is 1. The number of ether oxygens (including phenoxy) is 1. The summed E-state index contributed by atoms with van der Waals surface area (Å²) in [7, 11) is 0. The van der Waals surface area contributed by atoms with E-state index in [9.17, 15) is 4.79 Å². The number of carbonyl (C=O) groups is 1. The summed E-state index contributed by atoms with van der Waals surface area (Å²) in [4.78, 5) is 20.1. The van der Waals surface area contributed by atoms with Gasteiger partial charge in [0.05, 0.1) is 5.56 Å². The van der Waals surface area contributed by atoms with Gasteiger partial charge in [-0.25, -0.2) is 4.98 Å². The summed E-state index contributed by atoms with van der Waals surface area (Å²) < 4.78 is 6.12. The van der Waals surface area contributed by atoms with Crippen LogP contribution in [0.2, 0.25) is 0 Å². The fourth-order valence-electron chi connectivity index (χ4n) is 2.74. The Morgan fingerprint density at radius 2 is 1.83 bits per heavy atom. The second-order valence-electron chi connectivity index (χ2n) is 5.31. The van der Waals surface area contributed by atoms with Gasteiger partial charge in [0, 0.05) is 18.0 Å². The highest BCUT2D eigenvalue weighted by Crippen LogP contribution is 2.38. The lowest BCUT2D eigenvalue weighted by atomic mass is 9.90. The fourth-order valence-corrected chi connectivity index (χ4v) is 2.74. The van der Waals surface area contributed by atoms with Crippen LogP contribution in [-0.4, -0.2) is 15.8 Å². The molecule has 4 nitrogen and oxygen atoms in total. The maximum atomic E-state index is 12.9. The molecule has 1 aromatic heterocycles. The number of H-pyrrole nitrogens is 1. The average Bonchev–Trinajstić information content (AvgIpc) is 3.11. The lowest BCUT2D eigenvalue weighted by molar-refractivity contribution is 0.0963. The SMILES string of the molecule is O=C1/C(=C/c2ncc[nH]2)C(c2ccccc2)Oc2ccccc21. The molecule has 0 bridgehead atoms. The summed E-state index contributed by atoms with van der Waals surface area (Å²) >= 11 is 0. The van der Waals surface area contributed by atoms with E-state index in [1.54, 1.807) is 24.5 Å². The van der Waals surface area contributed by atoms with Crippen molar-refractivity contribution in [1.82, 2.24) is 9.97 Å². The number of benzene rings is 2. The molecule has 2 heterocycles. The smallest absolute Gasteiger partial charge is 0.196 e. The number of ketones is 1. The molecule has 0 amide bonds. The monoisotopic (exact) mass is 302 g/mol. The van der Waals surface area contributed by atoms with Gasteiger partial charge in [0.15, 0.2) is 11.9 Å². The minimum atomic E-state index is -0.441. The molecule has 4 rings (SSSR count). The van der Waals surface area contributed by atoms with Crippen LogP contribution in [0.3, 0.4) is 0 Å². The summed E-state index contributed by atoms with van der Waals surface area (Å²) in [5.74, 6) is 1.22. The number of carbonyl (C=O) groups excluding carboxylic acids is 1. The van der Waals surface area contributed by atoms with Crippen LogP contribution in [0, 0.1) is 0 Å². The van der Waals surface area contributed by atoms with E-state index < -0.39 is 6.10 Å². The molecule has 3 aromatic rings. The molecule has 0 saturated heterocycles. The zero-order chi connectivity index (χ0) is 15.6. The van der Waals surface area contributed by atoms with Gasteiger partial charge in [-0.2, -0.15) is 0 Å². The molecule has 0 fully saturated rings. The third-order valence-electron chi connectivity index (χ3n) is 3.84. The molecule has 0 spiro atoms. The zero-order valence-electron chi connectivity index (χ0n) is 12.3. The van der Waals surface area contributed by atoms with Gasteiger partial charge in [-0.05, 0) is 23.8 Å². The van der Waals surface area contributed by atoms with E-state index in [1.807, 2.05) is 48.5 Å². The highest BCUT2D eigenvalue weighted by atomic mass is 16.5. The van der Waals surface area contributed by atoms with Crippen molar-refractivity contribution in [3.8, 4) is 5.75 Å². The third-order valence-corrected chi connectivity index (χ3v) is 3.84. The van der Waals surface area contributed by atoms with Crippen LogP contribution in [-0.2, 0) is 0 Å². The van der Waals surface area contributed by atoms with Crippen LogP contribution < -0.4 is 4.74 Å². The van der Waals surface area contributed by atoms with E-state index >= 15 is 0 Å². The van der Waals surface area contributed by atoms with Gasteiger partial charge < -0.3 is 9.72 Å². The van der Waals surface area contributed by atoms with Crippen molar-refractivity contribution in [3.63, 3.8) is 0 Å². The topological polar surface area (TPSA) is 55.0 Å². The van der Waals surface area contributed by atoms with Crippen molar-refractivity contribution in [2.24, 2.45) is 0 Å². The van der Waals surface area contributed by atoms with Crippen molar-refractivity contribution in [1.29, 1.82) is 0 Å². The van der Waals surface area contributed by atoms with Gasteiger partial charge >= 0.3 is 0 Å². The Bertz CT molecular complexity index is 867. The van der Waals surface area contributed by atoms with Crippen molar-refractivity contribution in [3.05, 3.63) is 89.5 Å². The van der Waals surface area contributed by atoms with Gasteiger partial charge in [-0.15, -0.1) is 0 Å². The molecule has 1 atom stereocenters. The quantitative estimate of drug-likeness (QED) is 0.732. The second-order valence-corrected chi connectivity index (χ2v) is 5.31. The van der Waals surface area contributed by atoms with Gasteiger partial charge in [-0.3, -0.25) is 4.79 Å². The maximum Gasteiger partial charge on any atom is 0.196 e. The van der Waals surface area contributed by atoms with E-state index in [0.717, 1.165) is 5.56 Å². The predicted octanol–water partition coefficient (Wildman–Crippen LogP) is 3.81. The van der Waals surface area contributed by atoms with Crippen molar-refractivity contribution in [2.75, 3.05) is 0 Å². The van der Waals surface area contributed by atoms with Crippen LogP contribution in [0.25, 0.3) is 6.08 Å². The number of nitrogens with one attached hydrogen (secondary N) is 1. The highest BCUT2D eigenvalue weighted by Gasteiger charge is 2.32. The summed E-state index contributed by atoms with van der Waals surface area (Å²) in [5.41, 5.74) is 2.09. The van der Waals surface area contributed by atoms with Crippen LogP contribution in [0.1, 0.15) is 27.8 Å². The van der Waals surface area contributed by atoms with Gasteiger partial charge in [0.2, 0.25) is 0 Å². The van der Waals surface area contributed by atoms with Gasteiger partial charge in [-0.1, -0.05) is 42.5 Å². The molecule has 23 heavy (non-hydrogen) atoms. The Morgan fingerprint density at radius 1 is 1.04 bits per heavy atom. The molecule has 4 heteroatoms. The highest BCUT2D eigenvalue weighted by molar-refractivity contribution is 6.14. The first-order chi connectivity index (χ1) is 11.3. The minimum Gasteiger partial charge on any atom is -0.480 e. The molecule has 1 N–H and O–H groups in total. The largest absolute Gasteiger partial charge is 0.480 e. The Labute approximate surface area is 133 Å². The number of Topliss-reactive ketones (excluding diaryl/α,β-unsaturated/α-hetero) is 1. The van der Waals surface area contributed by atoms with E-state index in [-0.39, 0.29) is 5.78 Å². The molecule has 112 valence electrons. The van der Waals surface area contributed by atoms with Crippen LogP contribution >= 0.6 is 0 Å². The molecule has 1 aliphatic heterocycles. The molecular weight excluding hydrogens is 288 g/mol. The number of rotatable bonds is 2. The summed E-state index contributed by atoms with van der Waals surface area (Å²) in [6.45, 7) is 0. The van der Waals surface area contributed by atoms with Crippen molar-refractivity contribution in [2.45, 2.75) is 6.10 Å². The Kier molecular flexibility index (Phi) is 3.27. The third kappa shape index (κ3) is 2.44. The lowest BCUT2D eigenvalue weighted by Gasteiger charge is -2.28. The molecule has 2 aromatic carbocycles. The predicted molar refractivity (Wildman–Crippen MR) is 87.1 cm³/mol. The van der Waals surface area contributed by atoms with Crippen LogP contribution in [0.4, 0.5) is 0 Å². The van der Waals surface area contributed by atoms with Crippen molar-refractivity contribution < 1.29 is 9.53 Å². The summed E-state index contributed by atoms with van der Waals surface area (Å²) in [5, 5.41) is 0. The lowest BCUT2D eigenvalue weighted by Crippen LogP contribution is -2.23. The molecule has 0 saturated carbocycles. The van der Waals surface area contributed by atoms with Crippen LogP contribution in [0.5, 0.6) is 5.75 Å². The number of aromatic nitrogens is 2. The minimum absolute atomic E-state index is 0.0305. The van der Waals surface area contributed by atoms with Crippen molar-refractivity contribution >= 4 is 11.9 Å². The molecular formula is C19H14N2O2. The first-order valence-corrected chi connectivity index (χ1v) is 7.39. The molecule has 1 aliphatic rings. The van der Waals surface area contributed by atoms with Gasteiger partial charge in [0.1, 0.15) is 11.6 Å². The number of imidazole rings is 1. The summed E-state index contributed by atoms with van der Waals surface area (Å²) in [6.07, 6.45) is 4.71. The first-order valence-electron chi connectivity index (χ1n) is 7.39. The van der Waals surface area contributed by atoms with E-state index in [2.05, 4.69) is 9.97 Å². The first kappa shape index (κ1) is 13.5. The molecule has 0 aliphatic carbocycles.